The number of anilines is 2. The van der Waals surface area contributed by atoms with Crippen molar-refractivity contribution in [2.24, 2.45) is 0 Å². The molecule has 0 aliphatic carbocycles. The van der Waals surface area contributed by atoms with E-state index in [2.05, 4.69) is 10.6 Å². The van der Waals surface area contributed by atoms with Gasteiger partial charge in [-0.05, 0) is 48.6 Å². The van der Waals surface area contributed by atoms with Gasteiger partial charge in [0.15, 0.2) is 0 Å². The first-order chi connectivity index (χ1) is 13.5. The molecule has 7 nitrogen and oxygen atoms in total. The van der Waals surface area contributed by atoms with Crippen LogP contribution in [0.4, 0.5) is 16.2 Å². The molecule has 1 aromatic carbocycles. The Hall–Kier alpha value is -2.36. The van der Waals surface area contributed by atoms with E-state index < -0.39 is 0 Å². The van der Waals surface area contributed by atoms with Crippen molar-refractivity contribution >= 4 is 63.6 Å². The van der Waals surface area contributed by atoms with Crippen molar-refractivity contribution in [1.82, 2.24) is 10.6 Å². The van der Waals surface area contributed by atoms with E-state index in [0.717, 1.165) is 11.4 Å². The first-order valence-electron chi connectivity index (χ1n) is 8.68. The Morgan fingerprint density at radius 2 is 1.96 bits per heavy atom. The van der Waals surface area contributed by atoms with Crippen LogP contribution in [0.3, 0.4) is 0 Å². The number of benzene rings is 1. The lowest BCUT2D eigenvalue weighted by Gasteiger charge is -2.18. The maximum absolute atomic E-state index is 12.1. The highest BCUT2D eigenvalue weighted by Gasteiger charge is 2.30. The van der Waals surface area contributed by atoms with Crippen LogP contribution in [0.25, 0.3) is 0 Å². The highest BCUT2D eigenvalue weighted by molar-refractivity contribution is 7.80. The fourth-order valence-electron chi connectivity index (χ4n) is 3.10. The molecule has 2 aliphatic heterocycles. The Bertz CT molecular complexity index is 918. The molecule has 0 radical (unpaired) electrons. The predicted octanol–water partition coefficient (Wildman–Crippen LogP) is 2.85. The third-order valence-electron chi connectivity index (χ3n) is 4.49. The fraction of sp³-hybridized carbons (Fsp3) is 0.278. The Labute approximate surface area is 176 Å². The Morgan fingerprint density at radius 3 is 2.57 bits per heavy atom. The van der Waals surface area contributed by atoms with Crippen molar-refractivity contribution < 1.29 is 14.3 Å². The summed E-state index contributed by atoms with van der Waals surface area (Å²) in [6.45, 7) is 2.18. The highest BCUT2D eigenvalue weighted by Crippen LogP contribution is 2.26. The smallest absolute Gasteiger partial charge is 0.321 e. The molecular weight excluding hydrogens is 420 g/mol. The number of hydrogen-bond donors (Lipinski definition) is 2. The number of ether oxygens (including phenoxy) is 1. The minimum Gasteiger partial charge on any atom is -0.464 e. The average Bonchev–Trinajstić information content (AvgIpc) is 3.40. The number of halogens is 1. The third kappa shape index (κ3) is 3.91. The van der Waals surface area contributed by atoms with Gasteiger partial charge in [0.25, 0.3) is 11.1 Å². The van der Waals surface area contributed by atoms with Crippen LogP contribution in [0.2, 0.25) is 4.34 Å². The van der Waals surface area contributed by atoms with Gasteiger partial charge in [-0.3, -0.25) is 14.6 Å². The fourth-order valence-corrected chi connectivity index (χ4v) is 4.37. The van der Waals surface area contributed by atoms with E-state index in [1.807, 2.05) is 29.2 Å². The van der Waals surface area contributed by atoms with Crippen molar-refractivity contribution in [3.8, 4) is 0 Å². The van der Waals surface area contributed by atoms with Gasteiger partial charge in [-0.1, -0.05) is 11.6 Å². The van der Waals surface area contributed by atoms with E-state index >= 15 is 0 Å². The number of amides is 3. The average molecular weight is 437 g/mol. The number of urea groups is 1. The van der Waals surface area contributed by atoms with E-state index in [4.69, 9.17) is 28.6 Å². The Morgan fingerprint density at radius 1 is 1.25 bits per heavy atom. The first kappa shape index (κ1) is 19.0. The lowest BCUT2D eigenvalue weighted by molar-refractivity contribution is 0.0938. The van der Waals surface area contributed by atoms with Crippen molar-refractivity contribution in [3.05, 3.63) is 45.6 Å². The maximum Gasteiger partial charge on any atom is 0.321 e. The largest absolute Gasteiger partial charge is 0.464 e. The van der Waals surface area contributed by atoms with E-state index in [0.29, 0.717) is 40.6 Å². The van der Waals surface area contributed by atoms with Crippen LogP contribution in [0.1, 0.15) is 9.67 Å². The zero-order chi connectivity index (χ0) is 19.7. The van der Waals surface area contributed by atoms with Crippen LogP contribution in [0, 0.1) is 0 Å². The number of hydrogen-bond acceptors (Lipinski definition) is 5. The van der Waals surface area contributed by atoms with Gasteiger partial charge < -0.3 is 15.4 Å². The lowest BCUT2D eigenvalue weighted by Crippen LogP contribution is -2.34. The van der Waals surface area contributed by atoms with Crippen LogP contribution < -0.4 is 20.4 Å². The van der Waals surface area contributed by atoms with Crippen molar-refractivity contribution in [2.75, 3.05) is 36.0 Å². The Kier molecular flexibility index (Phi) is 5.38. The minimum absolute atomic E-state index is 0.0874. The van der Waals surface area contributed by atoms with Crippen LogP contribution in [-0.2, 0) is 4.74 Å². The van der Waals surface area contributed by atoms with Crippen molar-refractivity contribution in [2.45, 2.75) is 6.10 Å². The zero-order valence-electron chi connectivity index (χ0n) is 14.7. The molecule has 3 amide bonds. The molecule has 28 heavy (non-hydrogen) atoms. The molecule has 0 bridgehead atoms. The first-order valence-corrected chi connectivity index (χ1v) is 10.3. The molecule has 146 valence electrons. The molecular formula is C18H17ClN4O3S2. The minimum atomic E-state index is -0.240. The van der Waals surface area contributed by atoms with Crippen LogP contribution in [0.15, 0.2) is 36.4 Å². The zero-order valence-corrected chi connectivity index (χ0v) is 17.1. The van der Waals surface area contributed by atoms with E-state index in [1.165, 1.54) is 11.3 Å². The summed E-state index contributed by atoms with van der Waals surface area (Å²) in [6.07, 6.45) is -0.240. The second-order valence-corrected chi connectivity index (χ2v) is 8.39. The number of carbonyl (C=O) groups excluding carboxylic acids is 2. The van der Waals surface area contributed by atoms with Gasteiger partial charge in [0.2, 0.25) is 0 Å². The summed E-state index contributed by atoms with van der Waals surface area (Å²) in [6, 6.07) is 10.9. The second-order valence-electron chi connectivity index (χ2n) is 6.33. The van der Waals surface area contributed by atoms with Gasteiger partial charge in [-0.2, -0.15) is 0 Å². The third-order valence-corrected chi connectivity index (χ3v) is 6.04. The summed E-state index contributed by atoms with van der Waals surface area (Å²) in [5, 5.41) is 6.00. The molecule has 0 saturated carbocycles. The number of rotatable bonds is 5. The number of nitrogens with zero attached hydrogens (tertiary/aromatic N) is 2. The molecule has 2 saturated heterocycles. The molecule has 1 aromatic heterocycles. The highest BCUT2D eigenvalue weighted by atomic mass is 35.5. The molecule has 2 N–H and O–H groups in total. The lowest BCUT2D eigenvalue weighted by atomic mass is 10.2. The normalized spacial score (nSPS) is 19.0. The maximum atomic E-state index is 12.1. The second kappa shape index (κ2) is 7.94. The molecule has 2 aliphatic rings. The van der Waals surface area contributed by atoms with Gasteiger partial charge in [-0.15, -0.1) is 11.3 Å². The summed E-state index contributed by atoms with van der Waals surface area (Å²) in [5.41, 5.74) is 1.72. The van der Waals surface area contributed by atoms with Gasteiger partial charge in [0.1, 0.15) is 6.10 Å². The quantitative estimate of drug-likeness (QED) is 0.705. The van der Waals surface area contributed by atoms with Gasteiger partial charge in [0, 0.05) is 24.5 Å². The van der Waals surface area contributed by atoms with Gasteiger partial charge >= 0.3 is 6.03 Å². The molecule has 0 unspecified atom stereocenters. The number of carbonyl (C=O) groups is 2. The topological polar surface area (TPSA) is 73.9 Å². The summed E-state index contributed by atoms with van der Waals surface area (Å²) >= 11 is 12.4. The van der Waals surface area contributed by atoms with Gasteiger partial charge in [0.05, 0.1) is 22.3 Å². The molecule has 0 spiro atoms. The molecule has 10 heteroatoms. The number of thiocarbonyl (C=S) groups is 1. The van der Waals surface area contributed by atoms with Crippen LogP contribution in [0.5, 0.6) is 0 Å². The van der Waals surface area contributed by atoms with Crippen molar-refractivity contribution in [3.63, 3.8) is 0 Å². The van der Waals surface area contributed by atoms with E-state index in [-0.39, 0.29) is 18.0 Å². The SMILES string of the molecule is O=C(NC[C@H]1CN(c2ccc(N3CCNC3=O)cc2)C(=S)O1)c1ccc(Cl)s1. The monoisotopic (exact) mass is 436 g/mol. The summed E-state index contributed by atoms with van der Waals surface area (Å²) in [4.78, 5) is 28.0. The molecule has 3 heterocycles. The molecule has 4 rings (SSSR count). The molecule has 2 aromatic rings. The van der Waals surface area contributed by atoms with E-state index in [9.17, 15) is 9.59 Å². The predicted molar refractivity (Wildman–Crippen MR) is 114 cm³/mol. The number of nitrogens with one attached hydrogen (secondary N) is 2. The Balaban J connectivity index is 1.35. The van der Waals surface area contributed by atoms with Gasteiger partial charge in [-0.25, -0.2) is 4.79 Å². The summed E-state index contributed by atoms with van der Waals surface area (Å²) < 4.78 is 6.29. The summed E-state index contributed by atoms with van der Waals surface area (Å²) in [5.74, 6) is -0.182. The van der Waals surface area contributed by atoms with Crippen molar-refractivity contribution in [1.29, 1.82) is 0 Å². The van der Waals surface area contributed by atoms with Crippen LogP contribution >= 0.6 is 35.2 Å². The standard InChI is InChI=1S/C18H17ClN4O3S2/c19-15-6-5-14(28-15)16(24)21-9-13-10-23(18(27)26-13)12-3-1-11(2-4-12)22-8-7-20-17(22)25/h1-6,13H,7-10H2,(H,20,25)(H,21,24)/t13-/m0/s1. The van der Waals surface area contributed by atoms with E-state index in [1.54, 1.807) is 17.0 Å². The summed E-state index contributed by atoms with van der Waals surface area (Å²) in [7, 11) is 0. The molecule has 1 atom stereocenters. The number of thiophene rings is 1. The molecule has 2 fully saturated rings. The van der Waals surface area contributed by atoms with Crippen LogP contribution in [-0.4, -0.2) is 49.4 Å².